The van der Waals surface area contributed by atoms with E-state index in [1.54, 1.807) is 24.3 Å². The molecule has 28 heavy (non-hydrogen) atoms. The van der Waals surface area contributed by atoms with Gasteiger partial charge in [-0.1, -0.05) is 49.2 Å². The number of hydrogen-bond acceptors (Lipinski definition) is 3. The predicted octanol–water partition coefficient (Wildman–Crippen LogP) is 5.94. The maximum absolute atomic E-state index is 12.3. The second-order valence-electron chi connectivity index (χ2n) is 6.65. The van der Waals surface area contributed by atoms with Gasteiger partial charge in [-0.3, -0.25) is 4.79 Å². The van der Waals surface area contributed by atoms with Crippen LogP contribution in [-0.4, -0.2) is 23.1 Å². The first-order chi connectivity index (χ1) is 13.5. The number of hydrogen-bond donors (Lipinski definition) is 1. The summed E-state index contributed by atoms with van der Waals surface area (Å²) in [5, 5.41) is 1.37. The highest BCUT2D eigenvalue weighted by atomic mass is 35.5. The summed E-state index contributed by atoms with van der Waals surface area (Å²) in [5.74, 6) is 0.323. The molecule has 1 aromatic heterocycles. The quantitative estimate of drug-likeness (QED) is 0.519. The standard InChI is InChI=1S/C22H23Cl2N3O/c1-3-11-27(12-4-2)17-8-5-15(6-9-17)13-19(24)21-25-20-14-16(23)7-10-18(20)22(28)26-21/h5-10,13-14H,3-4,11-12H2,1-2H3,(H,25,26,28)/b19-13-. The van der Waals surface area contributed by atoms with Crippen LogP contribution in [0.25, 0.3) is 22.0 Å². The average molecular weight is 416 g/mol. The Hall–Kier alpha value is -2.30. The summed E-state index contributed by atoms with van der Waals surface area (Å²) in [6.07, 6.45) is 4.01. The third-order valence-electron chi connectivity index (χ3n) is 4.43. The Kier molecular flexibility index (Phi) is 6.76. The summed E-state index contributed by atoms with van der Waals surface area (Å²) in [6.45, 7) is 6.44. The van der Waals surface area contributed by atoms with Crippen molar-refractivity contribution < 1.29 is 0 Å². The molecule has 0 aliphatic rings. The molecule has 0 saturated carbocycles. The highest BCUT2D eigenvalue weighted by Crippen LogP contribution is 2.23. The molecule has 0 radical (unpaired) electrons. The summed E-state index contributed by atoms with van der Waals surface area (Å²) in [4.78, 5) is 21.8. The number of anilines is 1. The van der Waals surface area contributed by atoms with Crippen molar-refractivity contribution in [2.24, 2.45) is 0 Å². The average Bonchev–Trinajstić information content (AvgIpc) is 2.68. The van der Waals surface area contributed by atoms with Gasteiger partial charge in [0.05, 0.1) is 15.9 Å². The summed E-state index contributed by atoms with van der Waals surface area (Å²) < 4.78 is 0. The molecule has 0 spiro atoms. The Morgan fingerprint density at radius 3 is 2.43 bits per heavy atom. The lowest BCUT2D eigenvalue weighted by molar-refractivity contribution is 0.745. The molecule has 1 heterocycles. The van der Waals surface area contributed by atoms with Crippen LogP contribution >= 0.6 is 23.2 Å². The van der Waals surface area contributed by atoms with E-state index in [1.165, 1.54) is 5.69 Å². The molecular formula is C22H23Cl2N3O. The van der Waals surface area contributed by atoms with Crippen molar-refractivity contribution in [3.05, 3.63) is 69.2 Å². The number of nitrogens with zero attached hydrogens (tertiary/aromatic N) is 2. The van der Waals surface area contributed by atoms with E-state index in [9.17, 15) is 4.79 Å². The van der Waals surface area contributed by atoms with Gasteiger partial charge in [0, 0.05) is 23.8 Å². The predicted molar refractivity (Wildman–Crippen MR) is 120 cm³/mol. The van der Waals surface area contributed by atoms with Gasteiger partial charge in [-0.15, -0.1) is 0 Å². The molecule has 0 fully saturated rings. The molecule has 6 heteroatoms. The van der Waals surface area contributed by atoms with Crippen molar-refractivity contribution in [3.63, 3.8) is 0 Å². The van der Waals surface area contributed by atoms with Gasteiger partial charge >= 0.3 is 0 Å². The number of halogens is 2. The molecule has 0 amide bonds. The van der Waals surface area contributed by atoms with Gasteiger partial charge in [0.1, 0.15) is 0 Å². The lowest BCUT2D eigenvalue weighted by Gasteiger charge is -2.23. The van der Waals surface area contributed by atoms with Crippen LogP contribution in [0.3, 0.4) is 0 Å². The van der Waals surface area contributed by atoms with E-state index in [0.29, 0.717) is 26.8 Å². The maximum Gasteiger partial charge on any atom is 0.259 e. The smallest absolute Gasteiger partial charge is 0.259 e. The summed E-state index contributed by atoms with van der Waals surface area (Å²) >= 11 is 12.5. The van der Waals surface area contributed by atoms with Crippen LogP contribution in [0.2, 0.25) is 5.02 Å². The monoisotopic (exact) mass is 415 g/mol. The number of aromatic nitrogens is 2. The van der Waals surface area contributed by atoms with E-state index in [2.05, 4.69) is 40.8 Å². The molecule has 146 valence electrons. The Morgan fingerprint density at radius 2 is 1.79 bits per heavy atom. The molecule has 0 aliphatic heterocycles. The van der Waals surface area contributed by atoms with Crippen LogP contribution < -0.4 is 10.5 Å². The topological polar surface area (TPSA) is 49.0 Å². The molecule has 2 aromatic carbocycles. The SMILES string of the molecule is CCCN(CCC)c1ccc(/C=C(\Cl)c2nc3cc(Cl)ccc3c(=O)[nH]2)cc1. The van der Waals surface area contributed by atoms with Crippen LogP contribution in [0.15, 0.2) is 47.3 Å². The third kappa shape index (κ3) is 4.75. The lowest BCUT2D eigenvalue weighted by Crippen LogP contribution is -2.24. The Labute approximate surface area is 174 Å². The fourth-order valence-corrected chi connectivity index (χ4v) is 3.51. The van der Waals surface area contributed by atoms with Gasteiger partial charge in [-0.2, -0.15) is 0 Å². The van der Waals surface area contributed by atoms with Crippen molar-refractivity contribution in [3.8, 4) is 0 Å². The zero-order chi connectivity index (χ0) is 20.1. The van der Waals surface area contributed by atoms with E-state index in [1.807, 2.05) is 12.1 Å². The van der Waals surface area contributed by atoms with Gasteiger partial charge in [0.2, 0.25) is 0 Å². The zero-order valence-corrected chi connectivity index (χ0v) is 17.5. The Balaban J connectivity index is 1.89. The normalized spacial score (nSPS) is 11.8. The van der Waals surface area contributed by atoms with Gasteiger partial charge in [-0.25, -0.2) is 4.98 Å². The van der Waals surface area contributed by atoms with Crippen molar-refractivity contribution in [2.75, 3.05) is 18.0 Å². The van der Waals surface area contributed by atoms with Crippen LogP contribution in [0.1, 0.15) is 38.1 Å². The number of aromatic amines is 1. The van der Waals surface area contributed by atoms with Gasteiger partial charge in [0.15, 0.2) is 5.82 Å². The summed E-state index contributed by atoms with van der Waals surface area (Å²) in [5.41, 5.74) is 2.41. The minimum atomic E-state index is -0.242. The fourth-order valence-electron chi connectivity index (χ4n) is 3.13. The van der Waals surface area contributed by atoms with Crippen LogP contribution in [0.5, 0.6) is 0 Å². The number of rotatable bonds is 7. The molecule has 0 saturated heterocycles. The second-order valence-corrected chi connectivity index (χ2v) is 7.49. The van der Waals surface area contributed by atoms with Gasteiger partial charge in [0.25, 0.3) is 5.56 Å². The van der Waals surface area contributed by atoms with E-state index < -0.39 is 0 Å². The molecular weight excluding hydrogens is 393 g/mol. The molecule has 3 rings (SSSR count). The van der Waals surface area contributed by atoms with Crippen molar-refractivity contribution in [2.45, 2.75) is 26.7 Å². The molecule has 0 unspecified atom stereocenters. The second kappa shape index (κ2) is 9.26. The molecule has 0 atom stereocenters. The number of benzene rings is 2. The molecule has 0 aliphatic carbocycles. The Bertz CT molecular complexity index is 1040. The maximum atomic E-state index is 12.3. The summed E-state index contributed by atoms with van der Waals surface area (Å²) in [6, 6.07) is 13.2. The highest BCUT2D eigenvalue weighted by molar-refractivity contribution is 6.50. The van der Waals surface area contributed by atoms with Crippen molar-refractivity contribution in [1.29, 1.82) is 0 Å². The molecule has 3 aromatic rings. The third-order valence-corrected chi connectivity index (χ3v) is 4.96. The minimum absolute atomic E-state index is 0.242. The molecule has 4 nitrogen and oxygen atoms in total. The Morgan fingerprint density at radius 1 is 1.11 bits per heavy atom. The van der Waals surface area contributed by atoms with Crippen molar-refractivity contribution >= 4 is 50.9 Å². The lowest BCUT2D eigenvalue weighted by atomic mass is 10.1. The number of fused-ring (bicyclic) bond motifs is 1. The number of H-pyrrole nitrogens is 1. The summed E-state index contributed by atoms with van der Waals surface area (Å²) in [7, 11) is 0. The van der Waals surface area contributed by atoms with E-state index in [4.69, 9.17) is 23.2 Å². The van der Waals surface area contributed by atoms with Crippen molar-refractivity contribution in [1.82, 2.24) is 9.97 Å². The van der Waals surface area contributed by atoms with E-state index >= 15 is 0 Å². The molecule has 1 N–H and O–H groups in total. The van der Waals surface area contributed by atoms with Gasteiger partial charge in [-0.05, 0) is 54.8 Å². The largest absolute Gasteiger partial charge is 0.372 e. The minimum Gasteiger partial charge on any atom is -0.372 e. The zero-order valence-electron chi connectivity index (χ0n) is 16.0. The highest BCUT2D eigenvalue weighted by Gasteiger charge is 2.08. The van der Waals surface area contributed by atoms with E-state index in [0.717, 1.165) is 31.5 Å². The van der Waals surface area contributed by atoms with E-state index in [-0.39, 0.29) is 5.56 Å². The van der Waals surface area contributed by atoms with Crippen LogP contribution in [0.4, 0.5) is 5.69 Å². The van der Waals surface area contributed by atoms with Gasteiger partial charge < -0.3 is 9.88 Å². The first-order valence-corrected chi connectivity index (χ1v) is 10.2. The van der Waals surface area contributed by atoms with Crippen LogP contribution in [0, 0.1) is 0 Å². The number of nitrogens with one attached hydrogen (secondary N) is 1. The molecule has 0 bridgehead atoms. The first-order valence-electron chi connectivity index (χ1n) is 9.44. The first kappa shape index (κ1) is 20.4. The fraction of sp³-hybridized carbons (Fsp3) is 0.273. The van der Waals surface area contributed by atoms with Crippen LogP contribution in [-0.2, 0) is 0 Å².